The summed E-state index contributed by atoms with van der Waals surface area (Å²) in [7, 11) is 1.29. The predicted molar refractivity (Wildman–Crippen MR) is 66.2 cm³/mol. The number of rotatable bonds is 5. The van der Waals surface area contributed by atoms with Crippen LogP contribution in [0.15, 0.2) is 24.3 Å². The maximum Gasteiger partial charge on any atom is 0.573 e. The summed E-state index contributed by atoms with van der Waals surface area (Å²) in [5.74, 6) is -0.691. The highest BCUT2D eigenvalue weighted by molar-refractivity contribution is 5.75. The third-order valence-corrected chi connectivity index (χ3v) is 2.67. The van der Waals surface area contributed by atoms with E-state index in [2.05, 4.69) is 14.8 Å². The van der Waals surface area contributed by atoms with Gasteiger partial charge in [-0.1, -0.05) is 12.1 Å². The smallest absolute Gasteiger partial charge is 0.468 e. The van der Waals surface area contributed by atoms with Crippen molar-refractivity contribution in [3.05, 3.63) is 29.8 Å². The molecule has 0 aliphatic rings. The number of carbonyl (C=O) groups excluding carboxylic acids is 1. The number of hydrogen-bond acceptors (Lipinski definition) is 4. The van der Waals surface area contributed by atoms with Crippen molar-refractivity contribution < 1.29 is 27.4 Å². The molecule has 0 saturated heterocycles. The topological polar surface area (TPSA) is 47.6 Å². The van der Waals surface area contributed by atoms with Crippen LogP contribution in [0.25, 0.3) is 0 Å². The van der Waals surface area contributed by atoms with Gasteiger partial charge in [0.05, 0.1) is 7.11 Å². The van der Waals surface area contributed by atoms with Crippen LogP contribution >= 0.6 is 0 Å². The Bertz CT molecular complexity index is 445. The Labute approximate surface area is 114 Å². The molecule has 20 heavy (non-hydrogen) atoms. The fourth-order valence-corrected chi connectivity index (χ4v) is 1.67. The van der Waals surface area contributed by atoms with Gasteiger partial charge in [-0.15, -0.1) is 13.2 Å². The molecule has 1 aromatic rings. The van der Waals surface area contributed by atoms with Crippen molar-refractivity contribution in [1.82, 2.24) is 5.32 Å². The minimum absolute atomic E-state index is 0.218. The zero-order valence-electron chi connectivity index (χ0n) is 11.3. The Kier molecular flexibility index (Phi) is 5.38. The SMILES string of the molecule is COC(=O)C(C)NC(C)c1ccc(OC(F)(F)F)cc1. The molecule has 4 nitrogen and oxygen atoms in total. The molecule has 1 rings (SSSR count). The number of halogens is 3. The van der Waals surface area contributed by atoms with Crippen LogP contribution in [0.4, 0.5) is 13.2 Å². The zero-order valence-corrected chi connectivity index (χ0v) is 11.3. The lowest BCUT2D eigenvalue weighted by atomic mass is 10.1. The summed E-state index contributed by atoms with van der Waals surface area (Å²) in [4.78, 5) is 11.3. The van der Waals surface area contributed by atoms with Crippen molar-refractivity contribution in [2.45, 2.75) is 32.3 Å². The summed E-state index contributed by atoms with van der Waals surface area (Å²) >= 11 is 0. The fraction of sp³-hybridized carbons (Fsp3) is 0.462. The van der Waals surface area contributed by atoms with Gasteiger partial charge in [0.1, 0.15) is 11.8 Å². The van der Waals surface area contributed by atoms with Crippen LogP contribution in [0.2, 0.25) is 0 Å². The van der Waals surface area contributed by atoms with Gasteiger partial charge in [-0.05, 0) is 31.5 Å². The third kappa shape index (κ3) is 5.08. The van der Waals surface area contributed by atoms with Crippen molar-refractivity contribution in [2.24, 2.45) is 0 Å². The Morgan fingerprint density at radius 1 is 1.20 bits per heavy atom. The first-order valence-electron chi connectivity index (χ1n) is 5.92. The fourth-order valence-electron chi connectivity index (χ4n) is 1.67. The van der Waals surface area contributed by atoms with E-state index in [1.165, 1.54) is 31.4 Å². The number of benzene rings is 1. The number of hydrogen-bond donors (Lipinski definition) is 1. The highest BCUT2D eigenvalue weighted by Crippen LogP contribution is 2.24. The van der Waals surface area contributed by atoms with Gasteiger partial charge in [-0.2, -0.15) is 0 Å². The van der Waals surface area contributed by atoms with Gasteiger partial charge < -0.3 is 9.47 Å². The Hall–Kier alpha value is -1.76. The van der Waals surface area contributed by atoms with E-state index in [0.717, 1.165) is 5.56 Å². The second-order valence-electron chi connectivity index (χ2n) is 4.25. The lowest BCUT2D eigenvalue weighted by molar-refractivity contribution is -0.274. The van der Waals surface area contributed by atoms with E-state index in [0.29, 0.717) is 0 Å². The van der Waals surface area contributed by atoms with Crippen molar-refractivity contribution in [1.29, 1.82) is 0 Å². The standard InChI is InChI=1S/C13H16F3NO3/c1-8(17-9(2)12(18)19-3)10-4-6-11(7-5-10)20-13(14,15)16/h4-9,17H,1-3H3. The first kappa shape index (κ1) is 16.3. The number of methoxy groups -OCH3 is 1. The van der Waals surface area contributed by atoms with Crippen LogP contribution in [-0.2, 0) is 9.53 Å². The monoisotopic (exact) mass is 291 g/mol. The number of alkyl halides is 3. The van der Waals surface area contributed by atoms with Gasteiger partial charge in [0.2, 0.25) is 0 Å². The van der Waals surface area contributed by atoms with Gasteiger partial charge in [0.25, 0.3) is 0 Å². The molecule has 0 aliphatic heterocycles. The van der Waals surface area contributed by atoms with Gasteiger partial charge in [0, 0.05) is 6.04 Å². The minimum atomic E-state index is -4.70. The largest absolute Gasteiger partial charge is 0.573 e. The molecule has 0 fully saturated rings. The molecule has 0 aromatic heterocycles. The average Bonchev–Trinajstić information content (AvgIpc) is 2.36. The average molecular weight is 291 g/mol. The summed E-state index contributed by atoms with van der Waals surface area (Å²) in [5.41, 5.74) is 0.732. The highest BCUT2D eigenvalue weighted by Gasteiger charge is 2.31. The van der Waals surface area contributed by atoms with Crippen LogP contribution in [0, 0.1) is 0 Å². The number of esters is 1. The van der Waals surface area contributed by atoms with Crippen molar-refractivity contribution in [3.8, 4) is 5.75 Å². The van der Waals surface area contributed by atoms with Crippen LogP contribution in [0.1, 0.15) is 25.5 Å². The molecule has 1 N–H and O–H groups in total. The summed E-state index contributed by atoms with van der Waals surface area (Å²) in [5, 5.41) is 2.98. The van der Waals surface area contributed by atoms with E-state index < -0.39 is 18.4 Å². The van der Waals surface area contributed by atoms with Gasteiger partial charge >= 0.3 is 12.3 Å². The molecule has 0 heterocycles. The lowest BCUT2D eigenvalue weighted by Crippen LogP contribution is -2.36. The van der Waals surface area contributed by atoms with Crippen LogP contribution in [0.5, 0.6) is 5.75 Å². The minimum Gasteiger partial charge on any atom is -0.468 e. The quantitative estimate of drug-likeness (QED) is 0.847. The van der Waals surface area contributed by atoms with Gasteiger partial charge in [-0.25, -0.2) is 0 Å². The van der Waals surface area contributed by atoms with E-state index in [9.17, 15) is 18.0 Å². The molecular weight excluding hydrogens is 275 g/mol. The summed E-state index contributed by atoms with van der Waals surface area (Å²) < 4.78 is 44.4. The molecule has 0 bridgehead atoms. The molecule has 2 atom stereocenters. The van der Waals surface area contributed by atoms with E-state index in [1.807, 2.05) is 0 Å². The van der Waals surface area contributed by atoms with Crippen molar-refractivity contribution >= 4 is 5.97 Å². The zero-order chi connectivity index (χ0) is 15.3. The summed E-state index contributed by atoms with van der Waals surface area (Å²) in [6, 6.07) is 4.73. The Balaban J connectivity index is 2.66. The van der Waals surface area contributed by atoms with Crippen molar-refractivity contribution in [3.63, 3.8) is 0 Å². The molecule has 1 aromatic carbocycles. The molecule has 0 spiro atoms. The van der Waals surface area contributed by atoms with Crippen molar-refractivity contribution in [2.75, 3.05) is 7.11 Å². The number of nitrogens with one attached hydrogen (secondary N) is 1. The van der Waals surface area contributed by atoms with Crippen LogP contribution < -0.4 is 10.1 Å². The van der Waals surface area contributed by atoms with Crippen LogP contribution in [0.3, 0.4) is 0 Å². The predicted octanol–water partition coefficient (Wildman–Crippen LogP) is 2.80. The first-order chi connectivity index (χ1) is 9.23. The number of ether oxygens (including phenoxy) is 2. The normalized spacial score (nSPS) is 14.5. The third-order valence-electron chi connectivity index (χ3n) is 2.67. The summed E-state index contributed by atoms with van der Waals surface area (Å²) in [6.45, 7) is 3.43. The van der Waals surface area contributed by atoms with E-state index in [1.54, 1.807) is 13.8 Å². The van der Waals surface area contributed by atoms with E-state index in [4.69, 9.17) is 0 Å². The Morgan fingerprint density at radius 2 is 1.75 bits per heavy atom. The maximum atomic E-state index is 12.0. The molecule has 112 valence electrons. The maximum absolute atomic E-state index is 12.0. The van der Waals surface area contributed by atoms with E-state index >= 15 is 0 Å². The number of carbonyl (C=O) groups is 1. The molecule has 2 unspecified atom stereocenters. The molecule has 0 amide bonds. The molecule has 0 radical (unpaired) electrons. The highest BCUT2D eigenvalue weighted by atomic mass is 19.4. The van der Waals surface area contributed by atoms with Crippen LogP contribution in [-0.4, -0.2) is 25.5 Å². The molecule has 0 saturated carbocycles. The molecule has 7 heteroatoms. The Morgan fingerprint density at radius 3 is 2.20 bits per heavy atom. The molecular formula is C13H16F3NO3. The van der Waals surface area contributed by atoms with Gasteiger partial charge in [0.15, 0.2) is 0 Å². The summed E-state index contributed by atoms with van der Waals surface area (Å²) in [6.07, 6.45) is -4.70. The molecule has 0 aliphatic carbocycles. The van der Waals surface area contributed by atoms with Gasteiger partial charge in [-0.3, -0.25) is 10.1 Å². The first-order valence-corrected chi connectivity index (χ1v) is 5.92. The second-order valence-corrected chi connectivity index (χ2v) is 4.25. The lowest BCUT2D eigenvalue weighted by Gasteiger charge is -2.19. The van der Waals surface area contributed by atoms with E-state index in [-0.39, 0.29) is 11.8 Å². The second kappa shape index (κ2) is 6.60.